The largest absolute Gasteiger partial charge is 0.519 e. The zero-order valence-electron chi connectivity index (χ0n) is 16.7. The third kappa shape index (κ3) is 4.94. The number of halogens is 4. The maximum Gasteiger partial charge on any atom is 0.519 e. The Morgan fingerprint density at radius 3 is 2.61 bits per heavy atom. The van der Waals surface area contributed by atoms with Gasteiger partial charge in [-0.15, -0.1) is 0 Å². The van der Waals surface area contributed by atoms with Crippen molar-refractivity contribution in [2.75, 3.05) is 4.90 Å². The van der Waals surface area contributed by atoms with Gasteiger partial charge in [-0.3, -0.25) is 4.79 Å². The van der Waals surface area contributed by atoms with Crippen molar-refractivity contribution in [2.45, 2.75) is 18.3 Å². The fraction of sp³-hybridized carbons (Fsp3) is 0.143. The molecule has 3 aromatic heterocycles. The lowest BCUT2D eigenvalue weighted by atomic mass is 10.1. The fourth-order valence-corrected chi connectivity index (χ4v) is 3.86. The molecule has 12 heteroatoms. The summed E-state index contributed by atoms with van der Waals surface area (Å²) in [4.78, 5) is 28.1. The molecule has 0 N–H and O–H groups in total. The summed E-state index contributed by atoms with van der Waals surface area (Å²) in [6, 6.07) is 10.0. The van der Waals surface area contributed by atoms with Crippen LogP contribution in [0.1, 0.15) is 11.5 Å². The third-order valence-electron chi connectivity index (χ3n) is 4.65. The SMILES string of the molecule is Cc1oc(=O)oc1CN(C(=O)C(Cl)Cl)c1cccc(-c2cc(-c3c(Cl)ccnc3Cl)no2)c1. The van der Waals surface area contributed by atoms with E-state index in [1.54, 1.807) is 43.3 Å². The average Bonchev–Trinajstić information content (AvgIpc) is 3.37. The van der Waals surface area contributed by atoms with Gasteiger partial charge >= 0.3 is 5.82 Å². The molecule has 0 aliphatic rings. The Bertz CT molecular complexity index is 1360. The summed E-state index contributed by atoms with van der Waals surface area (Å²) >= 11 is 24.1. The van der Waals surface area contributed by atoms with Crippen molar-refractivity contribution in [3.63, 3.8) is 0 Å². The summed E-state index contributed by atoms with van der Waals surface area (Å²) in [7, 11) is 0. The monoisotopic (exact) mass is 527 g/mol. The summed E-state index contributed by atoms with van der Waals surface area (Å²) in [5, 5.41) is 4.58. The molecule has 0 fully saturated rings. The van der Waals surface area contributed by atoms with E-state index < -0.39 is 16.6 Å². The quantitative estimate of drug-likeness (QED) is 0.226. The van der Waals surface area contributed by atoms with Gasteiger partial charge in [-0.2, -0.15) is 0 Å². The van der Waals surface area contributed by atoms with Crippen molar-refractivity contribution in [1.29, 1.82) is 0 Å². The van der Waals surface area contributed by atoms with Crippen LogP contribution in [0.15, 0.2) is 60.7 Å². The van der Waals surface area contributed by atoms with E-state index in [9.17, 15) is 9.59 Å². The molecular formula is C21H13Cl4N3O5. The average molecular weight is 529 g/mol. The Hall–Kier alpha value is -2.78. The predicted octanol–water partition coefficient (Wildman–Crippen LogP) is 5.90. The van der Waals surface area contributed by atoms with E-state index in [0.29, 0.717) is 33.3 Å². The van der Waals surface area contributed by atoms with E-state index >= 15 is 0 Å². The molecule has 33 heavy (non-hydrogen) atoms. The van der Waals surface area contributed by atoms with E-state index in [-0.39, 0.29) is 23.2 Å². The minimum absolute atomic E-state index is 0.127. The summed E-state index contributed by atoms with van der Waals surface area (Å²) in [5.41, 5.74) is 1.83. The number of carbonyl (C=O) groups is 1. The van der Waals surface area contributed by atoms with Gasteiger partial charge < -0.3 is 18.3 Å². The molecular weight excluding hydrogens is 516 g/mol. The summed E-state index contributed by atoms with van der Waals surface area (Å²) < 4.78 is 15.4. The number of aromatic nitrogens is 2. The highest BCUT2D eigenvalue weighted by atomic mass is 35.5. The Balaban J connectivity index is 1.71. The fourth-order valence-electron chi connectivity index (χ4n) is 3.08. The van der Waals surface area contributed by atoms with Crippen molar-refractivity contribution >= 4 is 58.0 Å². The smallest absolute Gasteiger partial charge is 0.396 e. The minimum atomic E-state index is -1.35. The minimum Gasteiger partial charge on any atom is -0.396 e. The number of amides is 1. The Kier molecular flexibility index (Phi) is 6.81. The van der Waals surface area contributed by atoms with Crippen LogP contribution >= 0.6 is 46.4 Å². The second kappa shape index (κ2) is 9.61. The van der Waals surface area contributed by atoms with Gasteiger partial charge in [-0.25, -0.2) is 9.78 Å². The van der Waals surface area contributed by atoms with E-state index in [2.05, 4.69) is 10.1 Å². The van der Waals surface area contributed by atoms with E-state index in [4.69, 9.17) is 59.8 Å². The zero-order chi connectivity index (χ0) is 23.7. The van der Waals surface area contributed by atoms with Gasteiger partial charge in [0, 0.05) is 23.5 Å². The van der Waals surface area contributed by atoms with E-state index in [1.807, 2.05) is 0 Å². The highest BCUT2D eigenvalue weighted by molar-refractivity contribution is 6.54. The third-order valence-corrected chi connectivity index (χ3v) is 5.63. The highest BCUT2D eigenvalue weighted by Gasteiger charge is 2.26. The van der Waals surface area contributed by atoms with Gasteiger partial charge in [0.15, 0.2) is 16.4 Å². The molecule has 0 spiro atoms. The second-order valence-electron chi connectivity index (χ2n) is 6.74. The number of benzene rings is 1. The highest BCUT2D eigenvalue weighted by Crippen LogP contribution is 2.35. The van der Waals surface area contributed by atoms with Crippen molar-refractivity contribution in [3.8, 4) is 22.6 Å². The molecule has 170 valence electrons. The van der Waals surface area contributed by atoms with Crippen molar-refractivity contribution < 1.29 is 18.2 Å². The number of anilines is 1. The first-order valence-corrected chi connectivity index (χ1v) is 10.9. The first-order chi connectivity index (χ1) is 15.7. The number of hydrogen-bond donors (Lipinski definition) is 0. The normalized spacial score (nSPS) is 11.2. The molecule has 0 aliphatic carbocycles. The zero-order valence-corrected chi connectivity index (χ0v) is 19.7. The van der Waals surface area contributed by atoms with Crippen LogP contribution in [0.2, 0.25) is 10.2 Å². The van der Waals surface area contributed by atoms with Crippen molar-refractivity contribution in [3.05, 3.63) is 74.9 Å². The maximum absolute atomic E-state index is 12.7. The molecule has 1 amide bonds. The number of hydrogen-bond acceptors (Lipinski definition) is 7. The number of nitrogens with zero attached hydrogens (tertiary/aromatic N) is 3. The summed E-state index contributed by atoms with van der Waals surface area (Å²) in [6.07, 6.45) is 1.48. The summed E-state index contributed by atoms with van der Waals surface area (Å²) in [6.45, 7) is 1.42. The molecule has 0 atom stereocenters. The number of rotatable bonds is 6. The second-order valence-corrected chi connectivity index (χ2v) is 8.61. The van der Waals surface area contributed by atoms with Crippen molar-refractivity contribution in [2.24, 2.45) is 0 Å². The van der Waals surface area contributed by atoms with Crippen molar-refractivity contribution in [1.82, 2.24) is 10.1 Å². The van der Waals surface area contributed by atoms with Crippen LogP contribution in [0.25, 0.3) is 22.6 Å². The summed E-state index contributed by atoms with van der Waals surface area (Å²) in [5.74, 6) is -0.713. The van der Waals surface area contributed by atoms with Crippen LogP contribution in [0.3, 0.4) is 0 Å². The molecule has 1 aromatic carbocycles. The Morgan fingerprint density at radius 1 is 1.15 bits per heavy atom. The van der Waals surface area contributed by atoms with Gasteiger partial charge in [0.1, 0.15) is 16.6 Å². The van der Waals surface area contributed by atoms with Gasteiger partial charge in [0.25, 0.3) is 5.91 Å². The van der Waals surface area contributed by atoms with Crippen LogP contribution in [0.4, 0.5) is 5.69 Å². The standard InChI is InChI=1S/C21H13Cl4N3O5/c1-10-16(32-21(30)31-10)9-28(20(29)18(23)24)12-4-2-3-11(7-12)15-8-14(27-33-15)17-13(22)5-6-26-19(17)25/h2-8,18H,9H2,1H3. The first kappa shape index (κ1) is 23.4. The molecule has 4 aromatic rings. The molecule has 0 aliphatic heterocycles. The van der Waals surface area contributed by atoms with Crippen LogP contribution in [-0.4, -0.2) is 20.9 Å². The van der Waals surface area contributed by atoms with Gasteiger partial charge in [-0.05, 0) is 25.1 Å². The van der Waals surface area contributed by atoms with Crippen LogP contribution in [0.5, 0.6) is 0 Å². The molecule has 0 saturated carbocycles. The number of aryl methyl sites for hydroxylation is 1. The molecule has 0 unspecified atom stereocenters. The maximum atomic E-state index is 12.7. The molecule has 0 bridgehead atoms. The lowest BCUT2D eigenvalue weighted by Gasteiger charge is -2.22. The van der Waals surface area contributed by atoms with Crippen LogP contribution < -0.4 is 10.7 Å². The molecule has 4 rings (SSSR count). The molecule has 0 radical (unpaired) electrons. The van der Waals surface area contributed by atoms with Gasteiger partial charge in [-0.1, -0.05) is 63.7 Å². The number of alkyl halides is 2. The van der Waals surface area contributed by atoms with Gasteiger partial charge in [0.2, 0.25) is 0 Å². The Labute approximate surface area is 206 Å². The molecule has 0 saturated heterocycles. The molecule has 3 heterocycles. The van der Waals surface area contributed by atoms with Crippen LogP contribution in [-0.2, 0) is 11.3 Å². The topological polar surface area (TPSA) is 103 Å². The lowest BCUT2D eigenvalue weighted by Crippen LogP contribution is -2.34. The number of pyridine rings is 1. The van der Waals surface area contributed by atoms with Gasteiger partial charge in [0.05, 0.1) is 17.1 Å². The Morgan fingerprint density at radius 2 is 1.94 bits per heavy atom. The van der Waals surface area contributed by atoms with Crippen LogP contribution in [0, 0.1) is 6.92 Å². The lowest BCUT2D eigenvalue weighted by molar-refractivity contribution is -0.117. The van der Waals surface area contributed by atoms with E-state index in [0.717, 1.165) is 0 Å². The predicted molar refractivity (Wildman–Crippen MR) is 124 cm³/mol. The van der Waals surface area contributed by atoms with E-state index in [1.165, 1.54) is 11.1 Å². The number of carbonyl (C=O) groups excluding carboxylic acids is 1. The molecule has 8 nitrogen and oxygen atoms in total. The first-order valence-electron chi connectivity index (χ1n) is 9.31.